The predicted octanol–water partition coefficient (Wildman–Crippen LogP) is 6.18. The number of aryl methyl sites for hydroxylation is 1. The molecule has 1 fully saturated rings. The lowest BCUT2D eigenvalue weighted by atomic mass is 9.94. The molecule has 2 aromatic carbocycles. The van der Waals surface area contributed by atoms with Crippen LogP contribution in [0.5, 0.6) is 5.75 Å². The highest BCUT2D eigenvalue weighted by atomic mass is 35.5. The van der Waals surface area contributed by atoms with E-state index in [4.69, 9.17) is 27.9 Å². The highest BCUT2D eigenvalue weighted by Gasteiger charge is 2.45. The molecule has 0 saturated carbocycles. The summed E-state index contributed by atoms with van der Waals surface area (Å²) in [4.78, 5) is 27.6. The third-order valence-electron chi connectivity index (χ3n) is 5.72. The van der Waals surface area contributed by atoms with Crippen molar-refractivity contribution in [1.82, 2.24) is 4.90 Å². The number of rotatable bonds is 8. The summed E-state index contributed by atoms with van der Waals surface area (Å²) in [6.07, 6.45) is 3.57. The maximum Gasteiger partial charge on any atom is 0.295 e. The fraction of sp³-hybridized carbons (Fsp3) is 0.360. The van der Waals surface area contributed by atoms with Crippen molar-refractivity contribution >= 4 is 40.7 Å². The van der Waals surface area contributed by atoms with Gasteiger partial charge in [-0.3, -0.25) is 9.59 Å². The summed E-state index contributed by atoms with van der Waals surface area (Å²) in [6.45, 7) is 4.56. The van der Waals surface area contributed by atoms with E-state index in [-0.39, 0.29) is 32.7 Å². The average Bonchev–Trinajstić information content (AvgIpc) is 3.03. The second kappa shape index (κ2) is 10.4. The number of hydrogen-bond acceptors (Lipinski definition) is 4. The molecule has 1 aliphatic heterocycles. The molecule has 3 rings (SSSR count). The van der Waals surface area contributed by atoms with Gasteiger partial charge in [0.15, 0.2) is 5.75 Å². The van der Waals surface area contributed by atoms with Gasteiger partial charge in [0.1, 0.15) is 5.76 Å². The monoisotopic (exact) mass is 475 g/mol. The summed E-state index contributed by atoms with van der Waals surface area (Å²) < 4.78 is 5.17. The molecule has 0 spiro atoms. The lowest BCUT2D eigenvalue weighted by Gasteiger charge is -2.25. The van der Waals surface area contributed by atoms with Crippen LogP contribution in [0.4, 0.5) is 0 Å². The van der Waals surface area contributed by atoms with Crippen LogP contribution < -0.4 is 4.74 Å². The van der Waals surface area contributed by atoms with Gasteiger partial charge in [0.05, 0.1) is 28.8 Å². The minimum absolute atomic E-state index is 0.0352. The SMILES string of the molecule is CCCCCN1C(=O)C(=O)/C(=C(/O)c2cc(Cl)c(OC)c(Cl)c2)C1c1ccc(CC)cc1. The second-order valence-electron chi connectivity index (χ2n) is 7.77. The van der Waals surface area contributed by atoms with E-state index in [1.165, 1.54) is 19.2 Å². The number of likely N-dealkylation sites (tertiary alicyclic amines) is 1. The first-order chi connectivity index (χ1) is 15.3. The maximum absolute atomic E-state index is 13.1. The van der Waals surface area contributed by atoms with Crippen molar-refractivity contribution < 1.29 is 19.4 Å². The van der Waals surface area contributed by atoms with Crippen molar-refractivity contribution in [3.63, 3.8) is 0 Å². The van der Waals surface area contributed by atoms with Crippen molar-refractivity contribution in [2.24, 2.45) is 0 Å². The third-order valence-corrected chi connectivity index (χ3v) is 6.28. The van der Waals surface area contributed by atoms with Gasteiger partial charge in [0.2, 0.25) is 0 Å². The lowest BCUT2D eigenvalue weighted by Crippen LogP contribution is -2.30. The molecule has 1 saturated heterocycles. The molecule has 1 atom stereocenters. The lowest BCUT2D eigenvalue weighted by molar-refractivity contribution is -0.139. The summed E-state index contributed by atoms with van der Waals surface area (Å²) in [7, 11) is 1.44. The number of carbonyl (C=O) groups is 2. The van der Waals surface area contributed by atoms with Crippen LogP contribution in [0.1, 0.15) is 55.8 Å². The van der Waals surface area contributed by atoms with Crippen LogP contribution in [-0.2, 0) is 16.0 Å². The fourth-order valence-corrected chi connectivity index (χ4v) is 4.61. The molecule has 1 aliphatic rings. The first kappa shape index (κ1) is 24.1. The summed E-state index contributed by atoms with van der Waals surface area (Å²) in [5.41, 5.74) is 2.20. The number of aliphatic hydroxyl groups excluding tert-OH is 1. The number of nitrogens with zero attached hydrogens (tertiary/aromatic N) is 1. The fourth-order valence-electron chi connectivity index (χ4n) is 3.97. The number of aliphatic hydroxyl groups is 1. The summed E-state index contributed by atoms with van der Waals surface area (Å²) >= 11 is 12.5. The average molecular weight is 476 g/mol. The van der Waals surface area contributed by atoms with Crippen LogP contribution in [0.15, 0.2) is 42.0 Å². The smallest absolute Gasteiger partial charge is 0.295 e. The zero-order valence-corrected chi connectivity index (χ0v) is 20.0. The van der Waals surface area contributed by atoms with Crippen LogP contribution in [0.3, 0.4) is 0 Å². The molecule has 0 aromatic heterocycles. The maximum atomic E-state index is 13.1. The number of unbranched alkanes of at least 4 members (excludes halogenated alkanes) is 2. The number of ether oxygens (including phenoxy) is 1. The molecule has 1 unspecified atom stereocenters. The minimum Gasteiger partial charge on any atom is -0.507 e. The number of amides is 1. The highest BCUT2D eigenvalue weighted by Crippen LogP contribution is 2.42. The highest BCUT2D eigenvalue weighted by molar-refractivity contribution is 6.46. The van der Waals surface area contributed by atoms with Crippen LogP contribution in [0.2, 0.25) is 10.0 Å². The van der Waals surface area contributed by atoms with Gasteiger partial charge in [-0.2, -0.15) is 0 Å². The number of methoxy groups -OCH3 is 1. The van der Waals surface area contributed by atoms with Crippen LogP contribution in [-0.4, -0.2) is 35.4 Å². The minimum atomic E-state index is -0.716. The Morgan fingerprint density at radius 2 is 1.69 bits per heavy atom. The first-order valence-electron chi connectivity index (χ1n) is 10.7. The van der Waals surface area contributed by atoms with E-state index < -0.39 is 17.7 Å². The Labute approximate surface area is 198 Å². The normalized spacial score (nSPS) is 17.8. The number of halogens is 2. The second-order valence-corrected chi connectivity index (χ2v) is 8.58. The van der Waals surface area contributed by atoms with Crippen LogP contribution in [0.25, 0.3) is 5.76 Å². The Morgan fingerprint density at radius 1 is 1.06 bits per heavy atom. The molecule has 1 amide bonds. The molecule has 2 aromatic rings. The number of ketones is 1. The van der Waals surface area contributed by atoms with Gasteiger partial charge < -0.3 is 14.7 Å². The zero-order chi connectivity index (χ0) is 23.4. The molecule has 0 aliphatic carbocycles. The van der Waals surface area contributed by atoms with E-state index in [9.17, 15) is 14.7 Å². The third kappa shape index (κ3) is 4.64. The molecule has 0 bridgehead atoms. The quantitative estimate of drug-likeness (QED) is 0.214. The molecular weight excluding hydrogens is 449 g/mol. The van der Waals surface area contributed by atoms with Gasteiger partial charge in [-0.25, -0.2) is 0 Å². The van der Waals surface area contributed by atoms with E-state index in [1.807, 2.05) is 24.3 Å². The van der Waals surface area contributed by atoms with Gasteiger partial charge in [-0.1, -0.05) is 74.2 Å². The topological polar surface area (TPSA) is 66.8 Å². The van der Waals surface area contributed by atoms with Crippen molar-refractivity contribution in [2.75, 3.05) is 13.7 Å². The molecule has 32 heavy (non-hydrogen) atoms. The van der Waals surface area contributed by atoms with E-state index >= 15 is 0 Å². The van der Waals surface area contributed by atoms with Gasteiger partial charge >= 0.3 is 0 Å². The zero-order valence-electron chi connectivity index (χ0n) is 18.5. The van der Waals surface area contributed by atoms with Crippen molar-refractivity contribution in [3.8, 4) is 5.75 Å². The van der Waals surface area contributed by atoms with E-state index in [0.717, 1.165) is 36.8 Å². The Bertz CT molecular complexity index is 1020. The van der Waals surface area contributed by atoms with Crippen molar-refractivity contribution in [2.45, 2.75) is 45.6 Å². The molecule has 170 valence electrons. The van der Waals surface area contributed by atoms with E-state index in [0.29, 0.717) is 6.54 Å². The van der Waals surface area contributed by atoms with E-state index in [1.54, 1.807) is 4.90 Å². The van der Waals surface area contributed by atoms with Gasteiger partial charge in [-0.15, -0.1) is 0 Å². The van der Waals surface area contributed by atoms with Crippen molar-refractivity contribution in [1.29, 1.82) is 0 Å². The Morgan fingerprint density at radius 3 is 2.22 bits per heavy atom. The van der Waals surface area contributed by atoms with Crippen LogP contribution >= 0.6 is 23.2 Å². The molecule has 7 heteroatoms. The molecule has 5 nitrogen and oxygen atoms in total. The van der Waals surface area contributed by atoms with Crippen molar-refractivity contribution in [3.05, 3.63) is 68.7 Å². The van der Waals surface area contributed by atoms with Gasteiger partial charge in [0.25, 0.3) is 11.7 Å². The molecule has 0 radical (unpaired) electrons. The molecule has 1 heterocycles. The number of Topliss-reactive ketones (excluding diaryl/α,β-unsaturated/α-hetero) is 1. The van der Waals surface area contributed by atoms with Gasteiger partial charge in [0, 0.05) is 12.1 Å². The van der Waals surface area contributed by atoms with Crippen LogP contribution in [0, 0.1) is 0 Å². The predicted molar refractivity (Wildman–Crippen MR) is 127 cm³/mol. The molecule has 1 N–H and O–H groups in total. The summed E-state index contributed by atoms with van der Waals surface area (Å²) in [6, 6.07) is 10.0. The number of benzene rings is 2. The Kier molecular flexibility index (Phi) is 7.86. The molecular formula is C25H27Cl2NO4. The standard InChI is InChI=1S/C25H27Cl2NO4/c1-4-6-7-12-28-21(16-10-8-15(5-2)9-11-16)20(23(30)25(28)31)22(29)17-13-18(26)24(32-3)19(27)14-17/h8-11,13-14,21,29H,4-7,12H2,1-3H3/b22-20+. The van der Waals surface area contributed by atoms with Gasteiger partial charge in [-0.05, 0) is 36.1 Å². The number of carbonyl (C=O) groups excluding carboxylic acids is 2. The number of hydrogen-bond donors (Lipinski definition) is 1. The van der Waals surface area contributed by atoms with E-state index in [2.05, 4.69) is 13.8 Å². The summed E-state index contributed by atoms with van der Waals surface area (Å²) in [5.74, 6) is -1.36. The first-order valence-corrected chi connectivity index (χ1v) is 11.5. The largest absolute Gasteiger partial charge is 0.507 e. The summed E-state index contributed by atoms with van der Waals surface area (Å²) in [5, 5.41) is 11.6. The Balaban J connectivity index is 2.15. The Hall–Kier alpha value is -2.50.